The Morgan fingerprint density at radius 1 is 1.71 bits per heavy atom. The van der Waals surface area contributed by atoms with Crippen molar-refractivity contribution in [2.45, 2.75) is 19.4 Å². The van der Waals surface area contributed by atoms with E-state index in [4.69, 9.17) is 11.0 Å². The van der Waals surface area contributed by atoms with Crippen LogP contribution in [0, 0.1) is 17.2 Å². The van der Waals surface area contributed by atoms with Gasteiger partial charge in [-0.05, 0) is 18.4 Å². The van der Waals surface area contributed by atoms with Crippen molar-refractivity contribution in [3.8, 4) is 6.07 Å². The molecule has 2 unspecified atom stereocenters. The molecule has 1 aromatic rings. The largest absolute Gasteiger partial charge is 0.396 e. The first-order valence-electron chi connectivity index (χ1n) is 4.63. The van der Waals surface area contributed by atoms with Crippen molar-refractivity contribution < 1.29 is 0 Å². The SMILES string of the molecule is CC1CC1Nc1ncc(C#N)cc1N. The van der Waals surface area contributed by atoms with Crippen molar-refractivity contribution in [2.24, 2.45) is 5.92 Å². The Bertz CT molecular complexity index is 394. The third-order valence-corrected chi connectivity index (χ3v) is 2.48. The first kappa shape index (κ1) is 8.82. The second kappa shape index (κ2) is 3.18. The minimum absolute atomic E-state index is 0.497. The molecule has 1 aromatic heterocycles. The number of pyridine rings is 1. The number of anilines is 2. The average molecular weight is 188 g/mol. The molecule has 1 saturated carbocycles. The summed E-state index contributed by atoms with van der Waals surface area (Å²) >= 11 is 0. The van der Waals surface area contributed by atoms with Gasteiger partial charge in [-0.2, -0.15) is 5.26 Å². The summed E-state index contributed by atoms with van der Waals surface area (Å²) in [5.74, 6) is 1.39. The Hall–Kier alpha value is -1.76. The Morgan fingerprint density at radius 2 is 2.43 bits per heavy atom. The third kappa shape index (κ3) is 1.62. The lowest BCUT2D eigenvalue weighted by atomic mass is 10.3. The minimum atomic E-state index is 0.497. The molecule has 1 heterocycles. The van der Waals surface area contributed by atoms with E-state index in [9.17, 15) is 0 Å². The molecular weight excluding hydrogens is 176 g/mol. The second-order valence-corrected chi connectivity index (χ2v) is 3.74. The number of aromatic nitrogens is 1. The standard InChI is InChI=1S/C10H12N4/c1-6-2-9(6)14-10-8(12)3-7(4-11)5-13-10/h3,5-6,9H,2,12H2,1H3,(H,13,14). The number of rotatable bonds is 2. The first-order chi connectivity index (χ1) is 6.70. The van der Waals surface area contributed by atoms with Crippen LogP contribution >= 0.6 is 0 Å². The number of nitrogen functional groups attached to an aromatic ring is 1. The maximum Gasteiger partial charge on any atom is 0.149 e. The number of hydrogen-bond donors (Lipinski definition) is 2. The fourth-order valence-electron chi connectivity index (χ4n) is 1.36. The van der Waals surface area contributed by atoms with E-state index < -0.39 is 0 Å². The van der Waals surface area contributed by atoms with Gasteiger partial charge in [-0.1, -0.05) is 6.92 Å². The van der Waals surface area contributed by atoms with Gasteiger partial charge in [-0.25, -0.2) is 4.98 Å². The lowest BCUT2D eigenvalue weighted by molar-refractivity contribution is 0.924. The minimum Gasteiger partial charge on any atom is -0.396 e. The molecule has 14 heavy (non-hydrogen) atoms. The molecule has 1 aliphatic carbocycles. The van der Waals surface area contributed by atoms with Crippen LogP contribution in [0.15, 0.2) is 12.3 Å². The highest BCUT2D eigenvalue weighted by molar-refractivity contribution is 5.63. The quantitative estimate of drug-likeness (QED) is 0.734. The molecular formula is C10H12N4. The third-order valence-electron chi connectivity index (χ3n) is 2.48. The summed E-state index contributed by atoms with van der Waals surface area (Å²) in [5, 5.41) is 11.9. The zero-order valence-corrected chi connectivity index (χ0v) is 7.99. The lowest BCUT2D eigenvalue weighted by Crippen LogP contribution is -2.08. The van der Waals surface area contributed by atoms with E-state index >= 15 is 0 Å². The summed E-state index contributed by atoms with van der Waals surface area (Å²) in [6.07, 6.45) is 2.70. The molecule has 2 atom stereocenters. The maximum atomic E-state index is 8.62. The fourth-order valence-corrected chi connectivity index (χ4v) is 1.36. The van der Waals surface area contributed by atoms with Gasteiger partial charge in [0.25, 0.3) is 0 Å². The van der Waals surface area contributed by atoms with Crippen LogP contribution in [0.25, 0.3) is 0 Å². The van der Waals surface area contributed by atoms with E-state index in [0.29, 0.717) is 29.0 Å². The molecule has 2 rings (SSSR count). The van der Waals surface area contributed by atoms with Gasteiger partial charge in [-0.3, -0.25) is 0 Å². The van der Waals surface area contributed by atoms with Gasteiger partial charge in [0.2, 0.25) is 0 Å². The molecule has 72 valence electrons. The zero-order valence-electron chi connectivity index (χ0n) is 7.99. The highest BCUT2D eigenvalue weighted by atomic mass is 15.1. The second-order valence-electron chi connectivity index (χ2n) is 3.74. The molecule has 1 aliphatic rings. The highest BCUT2D eigenvalue weighted by Gasteiger charge is 2.32. The summed E-state index contributed by atoms with van der Waals surface area (Å²) in [4.78, 5) is 4.11. The van der Waals surface area contributed by atoms with Crippen molar-refractivity contribution in [1.29, 1.82) is 5.26 Å². The average Bonchev–Trinajstić information content (AvgIpc) is 2.85. The van der Waals surface area contributed by atoms with E-state index in [1.165, 1.54) is 12.6 Å². The Balaban J connectivity index is 2.15. The van der Waals surface area contributed by atoms with Gasteiger partial charge in [0.15, 0.2) is 0 Å². The normalized spacial score (nSPS) is 24.0. The van der Waals surface area contributed by atoms with E-state index in [1.807, 2.05) is 6.07 Å². The lowest BCUT2D eigenvalue weighted by Gasteiger charge is -2.06. The molecule has 0 spiro atoms. The monoisotopic (exact) mass is 188 g/mol. The van der Waals surface area contributed by atoms with Crippen LogP contribution < -0.4 is 11.1 Å². The summed E-state index contributed by atoms with van der Waals surface area (Å²) in [6, 6.07) is 4.14. The van der Waals surface area contributed by atoms with Gasteiger partial charge >= 0.3 is 0 Å². The van der Waals surface area contributed by atoms with Crippen LogP contribution in [0.5, 0.6) is 0 Å². The van der Waals surface area contributed by atoms with Crippen molar-refractivity contribution in [3.63, 3.8) is 0 Å². The number of hydrogen-bond acceptors (Lipinski definition) is 4. The van der Waals surface area contributed by atoms with E-state index in [2.05, 4.69) is 17.2 Å². The van der Waals surface area contributed by atoms with Gasteiger partial charge in [0.1, 0.15) is 11.9 Å². The topological polar surface area (TPSA) is 74.7 Å². The fraction of sp³-hybridized carbons (Fsp3) is 0.400. The zero-order chi connectivity index (χ0) is 10.1. The molecule has 0 aromatic carbocycles. The van der Waals surface area contributed by atoms with Crippen molar-refractivity contribution >= 4 is 11.5 Å². The molecule has 0 bridgehead atoms. The summed E-state index contributed by atoms with van der Waals surface area (Å²) < 4.78 is 0. The van der Waals surface area contributed by atoms with E-state index in [1.54, 1.807) is 6.07 Å². The molecule has 0 saturated heterocycles. The van der Waals surface area contributed by atoms with Crippen molar-refractivity contribution in [2.75, 3.05) is 11.1 Å². The van der Waals surface area contributed by atoms with Gasteiger partial charge in [-0.15, -0.1) is 0 Å². The molecule has 4 nitrogen and oxygen atoms in total. The Labute approximate surface area is 82.8 Å². The maximum absolute atomic E-state index is 8.62. The molecule has 0 aliphatic heterocycles. The van der Waals surface area contributed by atoms with E-state index in [0.717, 1.165) is 0 Å². The van der Waals surface area contributed by atoms with Crippen LogP contribution in [-0.2, 0) is 0 Å². The summed E-state index contributed by atoms with van der Waals surface area (Å²) in [6.45, 7) is 2.18. The molecule has 4 heteroatoms. The Morgan fingerprint density at radius 3 is 2.93 bits per heavy atom. The predicted octanol–water partition coefficient (Wildman–Crippen LogP) is 1.36. The van der Waals surface area contributed by atoms with Gasteiger partial charge in [0.05, 0.1) is 11.3 Å². The smallest absolute Gasteiger partial charge is 0.149 e. The van der Waals surface area contributed by atoms with Crippen LogP contribution in [0.4, 0.5) is 11.5 Å². The number of nitrogens with one attached hydrogen (secondary N) is 1. The highest BCUT2D eigenvalue weighted by Crippen LogP contribution is 2.33. The Kier molecular flexibility index (Phi) is 2.01. The molecule has 1 fully saturated rings. The van der Waals surface area contributed by atoms with Crippen LogP contribution in [0.2, 0.25) is 0 Å². The van der Waals surface area contributed by atoms with Crippen molar-refractivity contribution in [1.82, 2.24) is 4.98 Å². The van der Waals surface area contributed by atoms with Crippen LogP contribution in [0.3, 0.4) is 0 Å². The number of nitriles is 1. The van der Waals surface area contributed by atoms with Gasteiger partial charge in [0, 0.05) is 12.2 Å². The first-order valence-corrected chi connectivity index (χ1v) is 4.63. The number of nitrogens with two attached hydrogens (primary N) is 1. The molecule has 3 N–H and O–H groups in total. The molecule has 0 radical (unpaired) electrons. The van der Waals surface area contributed by atoms with Crippen molar-refractivity contribution in [3.05, 3.63) is 17.8 Å². The van der Waals surface area contributed by atoms with Crippen LogP contribution in [0.1, 0.15) is 18.9 Å². The predicted molar refractivity (Wildman–Crippen MR) is 54.6 cm³/mol. The summed E-state index contributed by atoms with van der Waals surface area (Å²) in [7, 11) is 0. The number of nitrogens with zero attached hydrogens (tertiary/aromatic N) is 2. The van der Waals surface area contributed by atoms with Crippen LogP contribution in [-0.4, -0.2) is 11.0 Å². The van der Waals surface area contributed by atoms with E-state index in [-0.39, 0.29) is 0 Å². The molecule has 0 amide bonds. The summed E-state index contributed by atoms with van der Waals surface area (Å²) in [5.41, 5.74) is 6.78. The van der Waals surface area contributed by atoms with Gasteiger partial charge < -0.3 is 11.1 Å².